The van der Waals surface area contributed by atoms with E-state index in [1.54, 1.807) is 0 Å². The van der Waals surface area contributed by atoms with Gasteiger partial charge < -0.3 is 10.6 Å². The average Bonchev–Trinajstić information content (AvgIpc) is 2.88. The summed E-state index contributed by atoms with van der Waals surface area (Å²) >= 11 is 0. The second-order valence-electron chi connectivity index (χ2n) is 6.58. The number of amides is 1. The van der Waals surface area contributed by atoms with Gasteiger partial charge in [-0.3, -0.25) is 4.79 Å². The van der Waals surface area contributed by atoms with E-state index in [0.29, 0.717) is 17.9 Å². The minimum absolute atomic E-state index is 0.287. The third kappa shape index (κ3) is 3.31. The summed E-state index contributed by atoms with van der Waals surface area (Å²) in [6, 6.07) is 0.418. The lowest BCUT2D eigenvalue weighted by Gasteiger charge is -2.36. The van der Waals surface area contributed by atoms with Crippen molar-refractivity contribution in [1.82, 2.24) is 4.90 Å². The summed E-state index contributed by atoms with van der Waals surface area (Å²) in [4.78, 5) is 14.9. The Bertz CT molecular complexity index is 297. The first kappa shape index (κ1) is 14.8. The van der Waals surface area contributed by atoms with Crippen molar-refractivity contribution in [2.75, 3.05) is 13.1 Å². The fourth-order valence-corrected chi connectivity index (χ4v) is 4.00. The van der Waals surface area contributed by atoms with Crippen molar-refractivity contribution in [3.8, 4) is 0 Å². The van der Waals surface area contributed by atoms with Crippen molar-refractivity contribution in [3.05, 3.63) is 0 Å². The van der Waals surface area contributed by atoms with E-state index in [1.807, 2.05) is 0 Å². The molecule has 19 heavy (non-hydrogen) atoms. The number of nitrogens with two attached hydrogens (primary N) is 1. The first-order valence-electron chi connectivity index (χ1n) is 8.17. The molecule has 2 fully saturated rings. The number of carbonyl (C=O) groups is 1. The van der Waals surface area contributed by atoms with Crippen LogP contribution < -0.4 is 5.73 Å². The Kier molecular flexibility index (Phi) is 5.26. The van der Waals surface area contributed by atoms with E-state index in [0.717, 1.165) is 38.3 Å². The summed E-state index contributed by atoms with van der Waals surface area (Å²) in [5, 5.41) is 0. The zero-order chi connectivity index (χ0) is 13.8. The Morgan fingerprint density at radius 2 is 1.84 bits per heavy atom. The van der Waals surface area contributed by atoms with Crippen LogP contribution in [0.5, 0.6) is 0 Å². The molecule has 110 valence electrons. The maximum atomic E-state index is 12.8. The number of nitrogens with zero attached hydrogens (tertiary/aromatic N) is 1. The molecule has 0 aromatic rings. The van der Waals surface area contributed by atoms with Gasteiger partial charge in [0.2, 0.25) is 5.91 Å². The number of rotatable bonds is 4. The molecular formula is C16H30N2O. The molecule has 0 aromatic heterocycles. The molecule has 0 bridgehead atoms. The van der Waals surface area contributed by atoms with Crippen molar-refractivity contribution in [3.63, 3.8) is 0 Å². The van der Waals surface area contributed by atoms with Gasteiger partial charge in [0.05, 0.1) is 0 Å². The lowest BCUT2D eigenvalue weighted by molar-refractivity contribution is -0.139. The molecule has 0 aromatic carbocycles. The van der Waals surface area contributed by atoms with Gasteiger partial charge in [-0.2, -0.15) is 0 Å². The van der Waals surface area contributed by atoms with Crippen LogP contribution >= 0.6 is 0 Å². The molecule has 0 heterocycles. The molecule has 0 aliphatic heterocycles. The monoisotopic (exact) mass is 266 g/mol. The molecule has 3 nitrogen and oxygen atoms in total. The second-order valence-corrected chi connectivity index (χ2v) is 6.58. The minimum atomic E-state index is 0.287. The lowest BCUT2D eigenvalue weighted by Crippen LogP contribution is -2.47. The topological polar surface area (TPSA) is 46.3 Å². The van der Waals surface area contributed by atoms with Crippen LogP contribution in [0.15, 0.2) is 0 Å². The smallest absolute Gasteiger partial charge is 0.225 e. The molecule has 0 saturated heterocycles. The van der Waals surface area contributed by atoms with E-state index in [2.05, 4.69) is 18.7 Å². The first-order chi connectivity index (χ1) is 9.17. The van der Waals surface area contributed by atoms with Crippen LogP contribution in [0.25, 0.3) is 0 Å². The maximum absolute atomic E-state index is 12.8. The van der Waals surface area contributed by atoms with Gasteiger partial charge in [-0.05, 0) is 63.8 Å². The van der Waals surface area contributed by atoms with Crippen molar-refractivity contribution < 1.29 is 4.79 Å². The molecule has 2 unspecified atom stereocenters. The summed E-state index contributed by atoms with van der Waals surface area (Å²) in [7, 11) is 0. The van der Waals surface area contributed by atoms with E-state index >= 15 is 0 Å². The van der Waals surface area contributed by atoms with Gasteiger partial charge >= 0.3 is 0 Å². The number of hydrogen-bond acceptors (Lipinski definition) is 2. The summed E-state index contributed by atoms with van der Waals surface area (Å²) in [5.41, 5.74) is 5.88. The van der Waals surface area contributed by atoms with Crippen LogP contribution in [0.4, 0.5) is 0 Å². The van der Waals surface area contributed by atoms with Crippen LogP contribution in [-0.4, -0.2) is 29.9 Å². The van der Waals surface area contributed by atoms with E-state index in [-0.39, 0.29) is 5.92 Å². The second kappa shape index (κ2) is 6.74. The fraction of sp³-hybridized carbons (Fsp3) is 0.938. The summed E-state index contributed by atoms with van der Waals surface area (Å²) in [6.07, 6.45) is 8.22. The van der Waals surface area contributed by atoms with Gasteiger partial charge in [0.1, 0.15) is 0 Å². The molecule has 0 spiro atoms. The molecule has 2 rings (SSSR count). The van der Waals surface area contributed by atoms with E-state index in [1.165, 1.54) is 25.7 Å². The Morgan fingerprint density at radius 1 is 1.16 bits per heavy atom. The van der Waals surface area contributed by atoms with Crippen LogP contribution in [0, 0.1) is 17.8 Å². The zero-order valence-corrected chi connectivity index (χ0v) is 12.6. The highest BCUT2D eigenvalue weighted by molar-refractivity contribution is 5.79. The molecular weight excluding hydrogens is 236 g/mol. The largest absolute Gasteiger partial charge is 0.339 e. The van der Waals surface area contributed by atoms with Crippen molar-refractivity contribution in [1.29, 1.82) is 0 Å². The average molecular weight is 266 g/mol. The van der Waals surface area contributed by atoms with E-state index < -0.39 is 0 Å². The quantitative estimate of drug-likeness (QED) is 0.850. The molecule has 2 atom stereocenters. The molecule has 0 radical (unpaired) electrons. The van der Waals surface area contributed by atoms with Crippen LogP contribution in [0.1, 0.15) is 58.8 Å². The highest BCUT2D eigenvalue weighted by Gasteiger charge is 2.36. The Hall–Kier alpha value is -0.570. The first-order valence-corrected chi connectivity index (χ1v) is 8.17. The third-order valence-corrected chi connectivity index (χ3v) is 5.31. The van der Waals surface area contributed by atoms with Crippen molar-refractivity contribution in [2.45, 2.75) is 64.8 Å². The third-order valence-electron chi connectivity index (χ3n) is 5.31. The Labute approximate surface area is 117 Å². The van der Waals surface area contributed by atoms with E-state index in [9.17, 15) is 4.79 Å². The predicted molar refractivity (Wildman–Crippen MR) is 78.7 cm³/mol. The van der Waals surface area contributed by atoms with Gasteiger partial charge in [-0.15, -0.1) is 0 Å². The molecule has 1 amide bonds. The normalized spacial score (nSPS) is 35.3. The van der Waals surface area contributed by atoms with Gasteiger partial charge in [-0.25, -0.2) is 0 Å². The Balaban J connectivity index is 1.98. The van der Waals surface area contributed by atoms with Crippen LogP contribution in [-0.2, 0) is 4.79 Å². The van der Waals surface area contributed by atoms with E-state index in [4.69, 9.17) is 5.73 Å². The maximum Gasteiger partial charge on any atom is 0.225 e. The SMILES string of the molecule is CCN(C(=O)C1CCC(C)CC1)C1CCCC1CN. The molecule has 2 aliphatic rings. The van der Waals surface area contributed by atoms with Gasteiger partial charge in [0.25, 0.3) is 0 Å². The highest BCUT2D eigenvalue weighted by Crippen LogP contribution is 2.34. The summed E-state index contributed by atoms with van der Waals surface area (Å²) in [6.45, 7) is 6.01. The summed E-state index contributed by atoms with van der Waals surface area (Å²) in [5.74, 6) is 2.05. The number of hydrogen-bond donors (Lipinski definition) is 1. The van der Waals surface area contributed by atoms with Crippen LogP contribution in [0.3, 0.4) is 0 Å². The predicted octanol–water partition coefficient (Wildman–Crippen LogP) is 2.79. The standard InChI is InChI=1S/C16H30N2O/c1-3-18(15-6-4-5-14(15)11-17)16(19)13-9-7-12(2)8-10-13/h12-15H,3-11,17H2,1-2H3. The van der Waals surface area contributed by atoms with Crippen molar-refractivity contribution >= 4 is 5.91 Å². The van der Waals surface area contributed by atoms with Gasteiger partial charge in [0, 0.05) is 18.5 Å². The zero-order valence-electron chi connectivity index (χ0n) is 12.6. The molecule has 2 saturated carbocycles. The highest BCUT2D eigenvalue weighted by atomic mass is 16.2. The Morgan fingerprint density at radius 3 is 2.42 bits per heavy atom. The van der Waals surface area contributed by atoms with Gasteiger partial charge in [0.15, 0.2) is 0 Å². The molecule has 2 aliphatic carbocycles. The molecule has 3 heteroatoms. The minimum Gasteiger partial charge on any atom is -0.339 e. The fourth-order valence-electron chi connectivity index (χ4n) is 4.00. The molecule has 2 N–H and O–H groups in total. The summed E-state index contributed by atoms with van der Waals surface area (Å²) < 4.78 is 0. The van der Waals surface area contributed by atoms with Crippen molar-refractivity contribution in [2.24, 2.45) is 23.5 Å². The lowest BCUT2D eigenvalue weighted by atomic mass is 9.82. The van der Waals surface area contributed by atoms with Gasteiger partial charge in [-0.1, -0.05) is 13.3 Å². The number of carbonyl (C=O) groups excluding carboxylic acids is 1. The van der Waals surface area contributed by atoms with Crippen LogP contribution in [0.2, 0.25) is 0 Å².